The number of allylic oxidation sites excluding steroid dienone is 2. The highest BCUT2D eigenvalue weighted by molar-refractivity contribution is 6.36. The van der Waals surface area contributed by atoms with Crippen LogP contribution in [0.25, 0.3) is 0 Å². The minimum Gasteiger partial charge on any atom is -0.497 e. The number of anilines is 1. The van der Waals surface area contributed by atoms with Crippen molar-refractivity contribution >= 4 is 28.9 Å². The molecular formula is C19H17Cl2NO. The molecule has 1 aliphatic carbocycles. The lowest BCUT2D eigenvalue weighted by Gasteiger charge is -2.38. The standard InChI is InChI=1S/C19H17Cl2NO/c1-23-11-8-9-17-14(10-11)12-4-2-5-13(12)19(22-17)18-15(20)6-3-7-16(18)21/h2-4,6-10,12-13,19,22H,5H2,1H3/t12-,13+,19-/m1/s1. The van der Waals surface area contributed by atoms with Crippen LogP contribution < -0.4 is 10.1 Å². The Labute approximate surface area is 146 Å². The molecule has 0 spiro atoms. The first-order valence-corrected chi connectivity index (χ1v) is 8.49. The van der Waals surface area contributed by atoms with Gasteiger partial charge in [0, 0.05) is 27.2 Å². The van der Waals surface area contributed by atoms with Crippen molar-refractivity contribution in [1.82, 2.24) is 0 Å². The maximum atomic E-state index is 6.46. The summed E-state index contributed by atoms with van der Waals surface area (Å²) in [6.45, 7) is 0. The Morgan fingerprint density at radius 2 is 1.91 bits per heavy atom. The normalized spacial score (nSPS) is 24.7. The summed E-state index contributed by atoms with van der Waals surface area (Å²) in [4.78, 5) is 0. The van der Waals surface area contributed by atoms with Gasteiger partial charge in [-0.25, -0.2) is 0 Å². The Kier molecular flexibility index (Phi) is 3.74. The number of hydrogen-bond acceptors (Lipinski definition) is 2. The summed E-state index contributed by atoms with van der Waals surface area (Å²) in [6, 6.07) is 12.0. The first-order valence-electron chi connectivity index (χ1n) is 7.74. The van der Waals surface area contributed by atoms with Crippen LogP contribution in [0.15, 0.2) is 48.6 Å². The predicted molar refractivity (Wildman–Crippen MR) is 95.8 cm³/mol. The SMILES string of the molecule is COc1ccc2c(c1)[C@@H]1C=CC[C@@H]1[C@H](c1c(Cl)cccc1Cl)N2. The van der Waals surface area contributed by atoms with Crippen molar-refractivity contribution in [2.45, 2.75) is 18.4 Å². The molecule has 0 fully saturated rings. The Morgan fingerprint density at radius 3 is 2.65 bits per heavy atom. The van der Waals surface area contributed by atoms with Gasteiger partial charge in [0.15, 0.2) is 0 Å². The van der Waals surface area contributed by atoms with Crippen LogP contribution in [0.4, 0.5) is 5.69 Å². The molecule has 0 bridgehead atoms. The lowest BCUT2D eigenvalue weighted by atomic mass is 9.77. The van der Waals surface area contributed by atoms with Crippen molar-refractivity contribution in [1.29, 1.82) is 0 Å². The van der Waals surface area contributed by atoms with E-state index in [0.29, 0.717) is 11.8 Å². The number of methoxy groups -OCH3 is 1. The van der Waals surface area contributed by atoms with Crippen LogP contribution in [0.2, 0.25) is 10.0 Å². The van der Waals surface area contributed by atoms with Crippen LogP contribution in [-0.4, -0.2) is 7.11 Å². The van der Waals surface area contributed by atoms with Crippen LogP contribution >= 0.6 is 23.2 Å². The highest BCUT2D eigenvalue weighted by Crippen LogP contribution is 2.52. The number of benzene rings is 2. The summed E-state index contributed by atoms with van der Waals surface area (Å²) in [5.41, 5.74) is 3.40. The smallest absolute Gasteiger partial charge is 0.119 e. The lowest BCUT2D eigenvalue weighted by molar-refractivity contribution is 0.405. The first-order chi connectivity index (χ1) is 11.2. The summed E-state index contributed by atoms with van der Waals surface area (Å²) in [5, 5.41) is 5.09. The van der Waals surface area contributed by atoms with Crippen molar-refractivity contribution in [3.8, 4) is 5.75 Å². The monoisotopic (exact) mass is 345 g/mol. The van der Waals surface area contributed by atoms with Gasteiger partial charge in [-0.1, -0.05) is 41.4 Å². The molecule has 1 aliphatic heterocycles. The number of halogens is 2. The van der Waals surface area contributed by atoms with Gasteiger partial charge in [-0.3, -0.25) is 0 Å². The molecule has 0 unspecified atom stereocenters. The van der Waals surface area contributed by atoms with E-state index < -0.39 is 0 Å². The van der Waals surface area contributed by atoms with Crippen LogP contribution in [0.5, 0.6) is 5.75 Å². The first kappa shape index (κ1) is 14.9. The topological polar surface area (TPSA) is 21.3 Å². The van der Waals surface area contributed by atoms with E-state index in [-0.39, 0.29) is 6.04 Å². The van der Waals surface area contributed by atoms with Crippen LogP contribution in [0.1, 0.15) is 29.5 Å². The molecule has 3 atom stereocenters. The highest BCUT2D eigenvalue weighted by atomic mass is 35.5. The van der Waals surface area contributed by atoms with Gasteiger partial charge in [0.2, 0.25) is 0 Å². The molecule has 2 nitrogen and oxygen atoms in total. The van der Waals surface area contributed by atoms with Gasteiger partial charge in [-0.15, -0.1) is 0 Å². The highest BCUT2D eigenvalue weighted by Gasteiger charge is 2.39. The van der Waals surface area contributed by atoms with E-state index >= 15 is 0 Å². The maximum Gasteiger partial charge on any atom is 0.119 e. The van der Waals surface area contributed by atoms with Gasteiger partial charge in [-0.05, 0) is 48.2 Å². The van der Waals surface area contributed by atoms with E-state index in [2.05, 4.69) is 29.6 Å². The summed E-state index contributed by atoms with van der Waals surface area (Å²) in [5.74, 6) is 1.66. The molecule has 0 amide bonds. The van der Waals surface area contributed by atoms with Gasteiger partial charge in [0.1, 0.15) is 5.75 Å². The summed E-state index contributed by atoms with van der Waals surface area (Å²) in [7, 11) is 1.70. The van der Waals surface area contributed by atoms with Gasteiger partial charge in [0.25, 0.3) is 0 Å². The van der Waals surface area contributed by atoms with Crippen molar-refractivity contribution < 1.29 is 4.74 Å². The van der Waals surface area contributed by atoms with E-state index in [1.807, 2.05) is 24.3 Å². The van der Waals surface area contributed by atoms with Crippen molar-refractivity contribution in [3.63, 3.8) is 0 Å². The molecular weight excluding hydrogens is 329 g/mol. The van der Waals surface area contributed by atoms with Crippen molar-refractivity contribution in [2.75, 3.05) is 12.4 Å². The number of ether oxygens (including phenoxy) is 1. The van der Waals surface area contributed by atoms with E-state index in [1.165, 1.54) is 5.56 Å². The Morgan fingerprint density at radius 1 is 1.13 bits per heavy atom. The lowest BCUT2D eigenvalue weighted by Crippen LogP contribution is -2.29. The van der Waals surface area contributed by atoms with E-state index in [0.717, 1.165) is 33.5 Å². The molecule has 2 aromatic rings. The fourth-order valence-corrected chi connectivity index (χ4v) is 4.43. The quantitative estimate of drug-likeness (QED) is 0.691. The van der Waals surface area contributed by atoms with Gasteiger partial charge < -0.3 is 10.1 Å². The zero-order valence-electron chi connectivity index (χ0n) is 12.7. The molecule has 23 heavy (non-hydrogen) atoms. The number of fused-ring (bicyclic) bond motifs is 3. The predicted octanol–water partition coefficient (Wildman–Crippen LogP) is 5.83. The zero-order chi connectivity index (χ0) is 16.0. The van der Waals surface area contributed by atoms with Crippen LogP contribution in [-0.2, 0) is 0 Å². The third-order valence-electron chi connectivity index (χ3n) is 4.88. The number of hydrogen-bond donors (Lipinski definition) is 1. The minimum absolute atomic E-state index is 0.108. The number of rotatable bonds is 2. The largest absolute Gasteiger partial charge is 0.497 e. The fraction of sp³-hybridized carbons (Fsp3) is 0.263. The van der Waals surface area contributed by atoms with Crippen LogP contribution in [0, 0.1) is 5.92 Å². The Bertz CT molecular complexity index is 767. The third kappa shape index (κ3) is 2.41. The average Bonchev–Trinajstić information content (AvgIpc) is 3.04. The molecule has 0 aromatic heterocycles. The van der Waals surface area contributed by atoms with E-state index in [4.69, 9.17) is 27.9 Å². The van der Waals surface area contributed by atoms with Gasteiger partial charge >= 0.3 is 0 Å². The fourth-order valence-electron chi connectivity index (χ4n) is 3.79. The Balaban J connectivity index is 1.82. The average molecular weight is 346 g/mol. The molecule has 1 heterocycles. The minimum atomic E-state index is 0.108. The van der Waals surface area contributed by atoms with Crippen molar-refractivity contribution in [3.05, 3.63) is 69.7 Å². The summed E-state index contributed by atoms with van der Waals surface area (Å²) in [6.07, 6.45) is 5.56. The summed E-state index contributed by atoms with van der Waals surface area (Å²) < 4.78 is 5.38. The van der Waals surface area contributed by atoms with Gasteiger partial charge in [-0.2, -0.15) is 0 Å². The Hall–Kier alpha value is -1.64. The van der Waals surface area contributed by atoms with Gasteiger partial charge in [0.05, 0.1) is 13.2 Å². The second-order valence-electron chi connectivity index (χ2n) is 6.06. The third-order valence-corrected chi connectivity index (χ3v) is 5.54. The molecule has 0 saturated carbocycles. The zero-order valence-corrected chi connectivity index (χ0v) is 14.2. The molecule has 4 rings (SSSR count). The van der Waals surface area contributed by atoms with E-state index in [1.54, 1.807) is 7.11 Å². The second kappa shape index (κ2) is 5.77. The number of nitrogens with one attached hydrogen (secondary N) is 1. The van der Waals surface area contributed by atoms with Crippen molar-refractivity contribution in [2.24, 2.45) is 5.92 Å². The molecule has 2 aromatic carbocycles. The molecule has 1 N–H and O–H groups in total. The molecule has 118 valence electrons. The molecule has 2 aliphatic rings. The molecule has 0 radical (unpaired) electrons. The van der Waals surface area contributed by atoms with Crippen LogP contribution in [0.3, 0.4) is 0 Å². The van der Waals surface area contributed by atoms with E-state index in [9.17, 15) is 0 Å². The second-order valence-corrected chi connectivity index (χ2v) is 6.88. The maximum absolute atomic E-state index is 6.46. The molecule has 4 heteroatoms. The summed E-state index contributed by atoms with van der Waals surface area (Å²) >= 11 is 12.9. The molecule has 0 saturated heterocycles.